The van der Waals surface area contributed by atoms with E-state index in [0.717, 1.165) is 24.2 Å². The molecule has 1 aliphatic heterocycles. The van der Waals surface area contributed by atoms with E-state index in [1.54, 1.807) is 30.4 Å². The van der Waals surface area contributed by atoms with E-state index < -0.39 is 25.1 Å². The maximum atomic E-state index is 13.9. The first-order valence-electron chi connectivity index (χ1n) is 11.2. The van der Waals surface area contributed by atoms with E-state index in [-0.39, 0.29) is 12.1 Å². The maximum Gasteiger partial charge on any atom is 0.156 e. The van der Waals surface area contributed by atoms with E-state index in [4.69, 9.17) is 15.2 Å². The van der Waals surface area contributed by atoms with Gasteiger partial charge in [0, 0.05) is 44.4 Å². The molecule has 0 radical (unpaired) electrons. The highest BCUT2D eigenvalue weighted by Crippen LogP contribution is 2.24. The Morgan fingerprint density at radius 3 is 2.79 bits per heavy atom. The highest BCUT2D eigenvalue weighted by atomic mass is 19.1. The van der Waals surface area contributed by atoms with Crippen molar-refractivity contribution in [3.8, 4) is 5.69 Å². The van der Waals surface area contributed by atoms with Gasteiger partial charge in [-0.25, -0.2) is 9.07 Å². The highest BCUT2D eigenvalue weighted by Gasteiger charge is 2.28. The van der Waals surface area contributed by atoms with Crippen molar-refractivity contribution < 1.29 is 19.0 Å². The van der Waals surface area contributed by atoms with Crippen molar-refractivity contribution in [2.24, 2.45) is 5.73 Å². The topological polar surface area (TPSA) is 111 Å². The summed E-state index contributed by atoms with van der Waals surface area (Å²) in [5.74, 6) is 0. The van der Waals surface area contributed by atoms with Gasteiger partial charge in [0.2, 0.25) is 0 Å². The average Bonchev–Trinajstić information content (AvgIpc) is 3.34. The summed E-state index contributed by atoms with van der Waals surface area (Å²) in [4.78, 5) is 2.18. The number of alkyl halides is 1. The number of benzene rings is 1. The fourth-order valence-corrected chi connectivity index (χ4v) is 4.13. The van der Waals surface area contributed by atoms with E-state index in [0.29, 0.717) is 18.5 Å². The molecule has 3 rings (SSSR count). The van der Waals surface area contributed by atoms with Crippen molar-refractivity contribution in [1.29, 1.82) is 0 Å². The first-order valence-corrected chi connectivity index (χ1v) is 11.2. The normalized spacial score (nSPS) is 23.5. The average molecular weight is 463 g/mol. The van der Waals surface area contributed by atoms with Crippen LogP contribution in [0.3, 0.4) is 0 Å². The number of aromatic nitrogens is 3. The van der Waals surface area contributed by atoms with Crippen LogP contribution in [-0.2, 0) is 9.47 Å². The van der Waals surface area contributed by atoms with Crippen LogP contribution in [0.25, 0.3) is 5.69 Å². The maximum absolute atomic E-state index is 13.9. The van der Waals surface area contributed by atoms with Crippen LogP contribution in [0.5, 0.6) is 0 Å². The smallest absolute Gasteiger partial charge is 0.156 e. The molecule has 182 valence electrons. The number of aliphatic hydroxyl groups is 1. The van der Waals surface area contributed by atoms with Gasteiger partial charge in [-0.3, -0.25) is 0 Å². The van der Waals surface area contributed by atoms with Gasteiger partial charge >= 0.3 is 0 Å². The number of methoxy groups -OCH3 is 1. The Balaban J connectivity index is 1.54. The zero-order valence-corrected chi connectivity index (χ0v) is 19.5. The minimum Gasteiger partial charge on any atom is -0.401 e. The number of nitrogens with one attached hydrogen (secondary N) is 1. The number of nitrogens with two attached hydrogens (primary N) is 1. The molecule has 1 aromatic carbocycles. The Hall–Kier alpha value is -2.53. The molecular formula is C23H35FN6O3. The number of halogens is 1. The molecular weight excluding hydrogens is 427 g/mol. The molecule has 4 N–H and O–H groups in total. The predicted octanol–water partition coefficient (Wildman–Crippen LogP) is 1.89. The van der Waals surface area contributed by atoms with Crippen LogP contribution >= 0.6 is 0 Å². The monoisotopic (exact) mass is 462 g/mol. The Labute approximate surface area is 194 Å². The second-order valence-corrected chi connectivity index (χ2v) is 8.50. The minimum absolute atomic E-state index is 0.0253. The lowest BCUT2D eigenvalue weighted by Crippen LogP contribution is -2.43. The van der Waals surface area contributed by atoms with Crippen LogP contribution in [0, 0.1) is 0 Å². The van der Waals surface area contributed by atoms with Gasteiger partial charge in [0.05, 0.1) is 30.2 Å². The summed E-state index contributed by atoms with van der Waals surface area (Å²) in [5, 5.41) is 20.7. The largest absolute Gasteiger partial charge is 0.401 e. The summed E-state index contributed by atoms with van der Waals surface area (Å²) in [6, 6.07) is 7.21. The molecule has 0 unspecified atom stereocenters. The third kappa shape index (κ3) is 6.97. The Morgan fingerprint density at radius 1 is 1.42 bits per heavy atom. The van der Waals surface area contributed by atoms with Gasteiger partial charge in [0.1, 0.15) is 12.8 Å². The van der Waals surface area contributed by atoms with Crippen LogP contribution in [0.1, 0.15) is 37.9 Å². The molecule has 0 aliphatic carbocycles. The van der Waals surface area contributed by atoms with Crippen molar-refractivity contribution in [3.05, 3.63) is 54.1 Å². The van der Waals surface area contributed by atoms with Gasteiger partial charge in [0.25, 0.3) is 0 Å². The van der Waals surface area contributed by atoms with E-state index in [9.17, 15) is 9.50 Å². The highest BCUT2D eigenvalue weighted by molar-refractivity contribution is 5.34. The standard InChI is InChI=1S/C23H35FN6O3/c1-16-12-20(13-22(31)33-16)29(2)10-8-18(25)15-26-21(14-24)23(32-3)17-4-6-19(7-5-17)30-11-9-27-28-30/h4-7,9,11,15-16,20-23,26,31H,8,10,12-14,25H2,1-3H3/b18-15-/t16-,20+,21-,22-,23-/m1/s1. The molecule has 33 heavy (non-hydrogen) atoms. The number of ether oxygens (including phenoxy) is 2. The van der Waals surface area contributed by atoms with Gasteiger partial charge in [-0.1, -0.05) is 17.3 Å². The lowest BCUT2D eigenvalue weighted by Gasteiger charge is -2.36. The molecule has 5 atom stereocenters. The fourth-order valence-electron chi connectivity index (χ4n) is 4.13. The molecule has 1 fully saturated rings. The number of hydrogen-bond donors (Lipinski definition) is 3. The zero-order valence-electron chi connectivity index (χ0n) is 19.5. The molecule has 0 saturated carbocycles. The van der Waals surface area contributed by atoms with Crippen LogP contribution in [0.4, 0.5) is 4.39 Å². The lowest BCUT2D eigenvalue weighted by molar-refractivity contribution is -0.173. The quantitative estimate of drug-likeness (QED) is 0.464. The summed E-state index contributed by atoms with van der Waals surface area (Å²) in [5.41, 5.74) is 8.50. The van der Waals surface area contributed by atoms with Gasteiger partial charge in [0.15, 0.2) is 6.29 Å². The molecule has 2 aromatic rings. The molecule has 0 spiro atoms. The second-order valence-electron chi connectivity index (χ2n) is 8.50. The minimum atomic E-state index is -0.725. The van der Waals surface area contributed by atoms with E-state index in [1.807, 2.05) is 38.2 Å². The second kappa shape index (κ2) is 12.1. The Bertz CT molecular complexity index is 854. The number of hydrogen-bond acceptors (Lipinski definition) is 8. The van der Waals surface area contributed by atoms with Crippen molar-refractivity contribution in [2.45, 2.75) is 56.8 Å². The molecule has 10 heteroatoms. The first-order chi connectivity index (χ1) is 15.9. The predicted molar refractivity (Wildman–Crippen MR) is 123 cm³/mol. The molecule has 0 amide bonds. The number of nitrogens with zero attached hydrogens (tertiary/aromatic N) is 4. The number of aliphatic hydroxyl groups excluding tert-OH is 1. The van der Waals surface area contributed by atoms with Crippen molar-refractivity contribution >= 4 is 0 Å². The van der Waals surface area contributed by atoms with E-state index in [1.165, 1.54) is 0 Å². The van der Waals surface area contributed by atoms with E-state index >= 15 is 0 Å². The summed E-state index contributed by atoms with van der Waals surface area (Å²) < 4.78 is 26.5. The lowest BCUT2D eigenvalue weighted by atomic mass is 10.0. The summed E-state index contributed by atoms with van der Waals surface area (Å²) in [6.07, 6.45) is 5.90. The van der Waals surface area contributed by atoms with Crippen molar-refractivity contribution in [1.82, 2.24) is 25.2 Å². The molecule has 0 bridgehead atoms. The SMILES string of the molecule is CO[C@H](c1ccc(-n2ccnn2)cc1)[C@@H](CF)N/C=C(\N)CCN(C)[C@H]1C[C@@H](C)O[C@@H](O)C1. The Morgan fingerprint density at radius 2 is 2.18 bits per heavy atom. The molecule has 1 saturated heterocycles. The van der Waals surface area contributed by atoms with Crippen molar-refractivity contribution in [2.75, 3.05) is 27.4 Å². The van der Waals surface area contributed by atoms with E-state index in [2.05, 4.69) is 20.5 Å². The summed E-state index contributed by atoms with van der Waals surface area (Å²) in [6.45, 7) is 2.07. The van der Waals surface area contributed by atoms with Crippen LogP contribution in [-0.4, -0.2) is 76.9 Å². The van der Waals surface area contributed by atoms with Gasteiger partial charge < -0.3 is 30.5 Å². The third-order valence-electron chi connectivity index (χ3n) is 6.02. The molecule has 1 aliphatic rings. The number of rotatable bonds is 11. The summed E-state index contributed by atoms with van der Waals surface area (Å²) >= 11 is 0. The fraction of sp³-hybridized carbons (Fsp3) is 0.565. The Kier molecular flexibility index (Phi) is 9.19. The summed E-state index contributed by atoms with van der Waals surface area (Å²) in [7, 11) is 3.58. The first kappa shape index (κ1) is 25.1. The van der Waals surface area contributed by atoms with Gasteiger partial charge in [-0.05, 0) is 38.1 Å². The third-order valence-corrected chi connectivity index (χ3v) is 6.02. The zero-order chi connectivity index (χ0) is 23.8. The van der Waals surface area contributed by atoms with Crippen molar-refractivity contribution in [3.63, 3.8) is 0 Å². The molecule has 9 nitrogen and oxygen atoms in total. The van der Waals surface area contributed by atoms with Gasteiger partial charge in [-0.15, -0.1) is 5.10 Å². The van der Waals surface area contributed by atoms with Gasteiger partial charge in [-0.2, -0.15) is 0 Å². The molecule has 2 heterocycles. The van der Waals surface area contributed by atoms with Crippen LogP contribution < -0.4 is 11.1 Å². The molecule has 1 aromatic heterocycles. The van der Waals surface area contributed by atoms with Crippen LogP contribution in [0.2, 0.25) is 0 Å². The van der Waals surface area contributed by atoms with Crippen LogP contribution in [0.15, 0.2) is 48.6 Å².